The maximum Gasteiger partial charge on any atom is 0.413 e. The summed E-state index contributed by atoms with van der Waals surface area (Å²) in [7, 11) is 0. The number of hydrogen-bond donors (Lipinski definition) is 8. The van der Waals surface area contributed by atoms with Crippen molar-refractivity contribution >= 4 is 108 Å². The van der Waals surface area contributed by atoms with Crippen molar-refractivity contribution in [2.24, 2.45) is 31.8 Å². The highest BCUT2D eigenvalue weighted by Crippen LogP contribution is 2.47. The summed E-state index contributed by atoms with van der Waals surface area (Å²) in [6.45, 7) is 37.0. The number of aliphatic imine (C=N–C) groups is 4. The van der Waals surface area contributed by atoms with Gasteiger partial charge in [0.25, 0.3) is 11.8 Å². The molecule has 8 fully saturated rings. The lowest BCUT2D eigenvalue weighted by molar-refractivity contribution is -0.143. The Kier molecular flexibility index (Phi) is 28.4. The molecule has 8 saturated heterocycles. The average Bonchev–Trinajstić information content (AvgIpc) is 1.53. The number of nitrogens with one attached hydrogen (secondary N) is 8. The van der Waals surface area contributed by atoms with Crippen LogP contribution < -0.4 is 42.5 Å². The molecule has 24 rings (SSSR count). The van der Waals surface area contributed by atoms with E-state index in [0.29, 0.717) is 231 Å². The monoisotopic (exact) mass is 2040 g/mol. The van der Waals surface area contributed by atoms with Crippen LogP contribution in [0.1, 0.15) is 226 Å². The van der Waals surface area contributed by atoms with Crippen molar-refractivity contribution in [1.29, 1.82) is 0 Å². The van der Waals surface area contributed by atoms with Crippen LogP contribution in [0.2, 0.25) is 0 Å². The molecule has 4 aromatic carbocycles. The number of ether oxygens (including phenoxy) is 2. The number of aryl methyl sites for hydroxylation is 4. The molecule has 0 bridgehead atoms. The van der Waals surface area contributed by atoms with Gasteiger partial charge in [-0.25, -0.2) is 29.1 Å². The Balaban J connectivity index is 0.000000117. The van der Waals surface area contributed by atoms with Crippen molar-refractivity contribution in [3.05, 3.63) is 208 Å². The predicted octanol–water partition coefficient (Wildman–Crippen LogP) is 8.65. The number of amides is 14. The van der Waals surface area contributed by atoms with Gasteiger partial charge in [0.2, 0.25) is 35.4 Å². The fourth-order valence-corrected chi connectivity index (χ4v) is 26.0. The normalized spacial score (nSPS) is 23.0. The topological polar surface area (TPSA) is 427 Å². The van der Waals surface area contributed by atoms with Gasteiger partial charge in [-0.2, -0.15) is 0 Å². The van der Waals surface area contributed by atoms with Crippen LogP contribution in [0.25, 0.3) is 0 Å². The minimum atomic E-state index is -0.807. The number of piperidine rings is 4. The predicted molar refractivity (Wildman–Crippen MR) is 562 cm³/mol. The van der Waals surface area contributed by atoms with E-state index in [9.17, 15) is 57.5 Å². The van der Waals surface area contributed by atoms with Gasteiger partial charge in [0, 0.05) is 240 Å². The largest absolute Gasteiger partial charge is 0.437 e. The molecule has 6 aromatic rings. The van der Waals surface area contributed by atoms with E-state index in [2.05, 4.69) is 147 Å². The van der Waals surface area contributed by atoms with Crippen LogP contribution in [-0.2, 0) is 137 Å². The number of carbonyl (C=O) groups is 12. The van der Waals surface area contributed by atoms with E-state index in [0.717, 1.165) is 94.9 Å². The van der Waals surface area contributed by atoms with Crippen LogP contribution in [0.4, 0.5) is 30.8 Å². The number of rotatable bonds is 14. The highest BCUT2D eigenvalue weighted by molar-refractivity contribution is 5.98. The summed E-state index contributed by atoms with van der Waals surface area (Å²) in [5.41, 5.74) is 22.3. The third kappa shape index (κ3) is 19.9. The van der Waals surface area contributed by atoms with Gasteiger partial charge >= 0.3 is 24.2 Å². The molecule has 38 heteroatoms. The van der Waals surface area contributed by atoms with Crippen LogP contribution in [0.5, 0.6) is 0 Å². The molecule has 4 atom stereocenters. The highest BCUT2D eigenvalue weighted by Gasteiger charge is 2.53. The number of anilines is 2. The van der Waals surface area contributed by atoms with Crippen molar-refractivity contribution < 1.29 is 67.0 Å². The second-order valence-electron chi connectivity index (χ2n) is 43.5. The number of benzene rings is 4. The van der Waals surface area contributed by atoms with Crippen LogP contribution in [0.15, 0.2) is 106 Å². The molecule has 0 aliphatic carbocycles. The molecule has 8 N–H and O–H groups in total. The first-order chi connectivity index (χ1) is 72.4. The van der Waals surface area contributed by atoms with Gasteiger partial charge in [0.05, 0.1) is 49.7 Å². The average molecular weight is 2040 g/mol. The molecule has 788 valence electrons. The van der Waals surface area contributed by atoms with Crippen LogP contribution >= 0.6 is 0 Å². The minimum absolute atomic E-state index is 0.00202. The SMILES string of the molecule is C=C1NC(=O)C2(CCN(C(=O)CC3Cc4cc(C)c5c(c4CN(CCN4CCCC4)C3=O)C=NC5)CC2)N1.C=C1NC(=O)C2(CCN(C(=O)NC3Cc4cc(C)c5c(c4CN(CCN4CCCC4)C3=O)C=NC5)CC2)N1.CCN1Cc2c(cc(C)c3c2C=NC3)CC(CC(=O)N2CCC3(CC2)OC(=O)Nc2ncccc23)C1=O.CCN1Cc2c(cc(C)c3c2C=NC3)CC(NC(=O)N2CCC3(CC2)OC(=O)Nc2ncccc23)C1=O. The third-order valence-corrected chi connectivity index (χ3v) is 34.6. The molecule has 0 saturated carbocycles. The maximum atomic E-state index is 13.9. The second kappa shape index (κ2) is 41.9. The summed E-state index contributed by atoms with van der Waals surface area (Å²) < 4.78 is 11.5. The van der Waals surface area contributed by atoms with Crippen molar-refractivity contribution in [2.45, 2.75) is 244 Å². The maximum absolute atomic E-state index is 13.9. The van der Waals surface area contributed by atoms with Crippen molar-refractivity contribution in [3.8, 4) is 0 Å². The summed E-state index contributed by atoms with van der Waals surface area (Å²) >= 11 is 0. The summed E-state index contributed by atoms with van der Waals surface area (Å²) in [4.78, 5) is 204. The Morgan fingerprint density at radius 2 is 0.713 bits per heavy atom. The quantitative estimate of drug-likeness (QED) is 0.0505. The van der Waals surface area contributed by atoms with E-state index < -0.39 is 52.5 Å². The molecule has 14 amide bonds. The summed E-state index contributed by atoms with van der Waals surface area (Å²) in [6.07, 6.45) is 21.3. The van der Waals surface area contributed by atoms with Gasteiger partial charge in [-0.1, -0.05) is 37.4 Å². The molecule has 4 spiro atoms. The van der Waals surface area contributed by atoms with E-state index in [1.165, 1.54) is 92.4 Å². The lowest BCUT2D eigenvalue weighted by atomic mass is 9.83. The molecular formula is C112H136N24O14. The summed E-state index contributed by atoms with van der Waals surface area (Å²) in [5, 5.41) is 23.3. The first kappa shape index (κ1) is 102. The second-order valence-corrected chi connectivity index (χ2v) is 43.5. The van der Waals surface area contributed by atoms with Gasteiger partial charge in [-0.3, -0.25) is 69.0 Å². The van der Waals surface area contributed by atoms with Gasteiger partial charge < -0.3 is 90.4 Å². The van der Waals surface area contributed by atoms with Crippen molar-refractivity contribution in [1.82, 2.24) is 90.9 Å². The van der Waals surface area contributed by atoms with Gasteiger partial charge in [0.1, 0.15) is 46.0 Å². The number of likely N-dealkylation sites (tertiary alicyclic amines) is 6. The zero-order chi connectivity index (χ0) is 104. The van der Waals surface area contributed by atoms with E-state index in [1.54, 1.807) is 22.2 Å². The molecule has 0 radical (unpaired) electrons. The molecule has 38 nitrogen and oxygen atoms in total. The first-order valence-electron chi connectivity index (χ1n) is 53.7. The fourth-order valence-electron chi connectivity index (χ4n) is 26.0. The Morgan fingerprint density at radius 1 is 0.393 bits per heavy atom. The third-order valence-electron chi connectivity index (χ3n) is 34.6. The van der Waals surface area contributed by atoms with Crippen molar-refractivity contribution in [2.75, 3.05) is 128 Å². The molecule has 20 heterocycles. The smallest absolute Gasteiger partial charge is 0.413 e. The Labute approximate surface area is 873 Å². The lowest BCUT2D eigenvalue weighted by Crippen LogP contribution is -2.59. The van der Waals surface area contributed by atoms with Crippen molar-refractivity contribution in [3.63, 3.8) is 0 Å². The van der Waals surface area contributed by atoms with Crippen LogP contribution in [-0.4, -0.2) is 296 Å². The number of likely N-dealkylation sites (N-methyl/N-ethyl adjacent to an activating group) is 1. The number of hydrogen-bond acceptors (Lipinski definition) is 24. The molecule has 2 aromatic heterocycles. The van der Waals surface area contributed by atoms with Gasteiger partial charge in [-0.15, -0.1) is 0 Å². The van der Waals surface area contributed by atoms with E-state index >= 15 is 0 Å². The molecule has 150 heavy (non-hydrogen) atoms. The zero-order valence-corrected chi connectivity index (χ0v) is 86.8. The van der Waals surface area contributed by atoms with Gasteiger partial charge in [-0.05, 0) is 245 Å². The first-order valence-corrected chi connectivity index (χ1v) is 53.7. The summed E-state index contributed by atoms with van der Waals surface area (Å²) in [5.74, 6) is 1.11. The Bertz CT molecular complexity index is 6250. The Morgan fingerprint density at radius 3 is 1.07 bits per heavy atom. The van der Waals surface area contributed by atoms with E-state index in [-0.39, 0.29) is 78.1 Å². The molecule has 18 aliphatic heterocycles. The van der Waals surface area contributed by atoms with E-state index in [4.69, 9.17) is 9.47 Å². The summed E-state index contributed by atoms with van der Waals surface area (Å²) in [6, 6.07) is 14.4. The number of carbonyl (C=O) groups excluding carboxylic acids is 12. The van der Waals surface area contributed by atoms with E-state index in [1.807, 2.05) is 92.4 Å². The number of pyridine rings is 2. The Hall–Kier alpha value is -14.3. The molecule has 18 aliphatic rings. The number of nitrogens with zero attached hydrogens (tertiary/aromatic N) is 16. The fraction of sp³-hybridized carbons (Fsp3) is 0.518. The highest BCUT2D eigenvalue weighted by atomic mass is 16.6. The lowest BCUT2D eigenvalue weighted by Gasteiger charge is -2.43. The molecule has 4 unspecified atom stereocenters. The number of fused-ring (bicyclic) bond motifs is 16. The van der Waals surface area contributed by atoms with Crippen LogP contribution in [0, 0.1) is 39.5 Å². The number of urea groups is 2. The number of aromatic nitrogens is 2. The van der Waals surface area contributed by atoms with Crippen LogP contribution in [0.3, 0.4) is 0 Å². The zero-order valence-electron chi connectivity index (χ0n) is 86.8. The molecular weight excluding hydrogens is 1910 g/mol. The van der Waals surface area contributed by atoms with Gasteiger partial charge in [0.15, 0.2) is 0 Å². The standard InChI is InChI=1S/C29H38N6O3.C28H37N7O3.C28H31N5O4.C27H30N6O4/c1-19-13-21-14-22(15-26(36)34-9-5-29(6-10-34)28(38)31-20(2)32-29)27(37)35(12-11-33-7-3-4-8-33)18-25(21)24-17-30-16-23(19)24;1-18-13-20-14-24(31-27(38)34-9-5-28(6-10-34)26(37)30-19(2)32-28)25(36)35(12-11-33-7-3-4-8-33)17-23(20)22-16-29-15-21(18)22;1-3-32-16-22-18(11-17(2)20-14-29-15-21(20)22)12-19(26(32)35)13-24(34)33-9-6-28(7-10-33)23-5-4-8-30-25(23)31-27(36)37-28;1-3-32-15-20-17(11-16(2)18-13-28-14-19(18)20)12-22(24(32)34)30-25(35)33-9-6-27(7-10-33)21-5-4-8-29-23(21)31-26(36)37-27/h13,17,22,32H,2-12,14-16,18H2,1H3,(H,31,38);13,16,24,32H,2-12,14-15,17H2,1H3,(H,30,37)(H,31,38);4-5,8,11,15,19H,3,6-7,9-10,12-14,16H2,1-2H3,(H,30,31,36);4-5,8,11,14,22H,3,6-7,9-10,12-13,15H2,1-2H3,(H,30,35)(H,29,31,36). The minimum Gasteiger partial charge on any atom is -0.437 e.